The van der Waals surface area contributed by atoms with Gasteiger partial charge in [-0.15, -0.1) is 0 Å². The lowest BCUT2D eigenvalue weighted by atomic mass is 9.61. The number of H-pyrrole nitrogens is 4. The van der Waals surface area contributed by atoms with Gasteiger partial charge >= 0.3 is 17.9 Å². The van der Waals surface area contributed by atoms with Crippen molar-refractivity contribution in [3.05, 3.63) is 121 Å². The van der Waals surface area contributed by atoms with Gasteiger partial charge in [0, 0.05) is 93.4 Å². The Labute approximate surface area is 593 Å². The molecule has 9 aliphatic carbocycles. The Balaban J connectivity index is 0.000000127. The summed E-state index contributed by atoms with van der Waals surface area (Å²) in [5, 5.41) is 60.5. The molecule has 105 heavy (non-hydrogen) atoms. The van der Waals surface area contributed by atoms with Crippen LogP contribution in [-0.4, -0.2) is 143 Å². The van der Waals surface area contributed by atoms with Gasteiger partial charge in [-0.05, 0) is 143 Å². The lowest BCUT2D eigenvalue weighted by Crippen LogP contribution is -2.51. The van der Waals surface area contributed by atoms with Crippen LogP contribution in [0.25, 0.3) is 89.9 Å². The molecule has 6 atom stereocenters. The second kappa shape index (κ2) is 28.7. The number of pyridine rings is 3. The second-order valence-electron chi connectivity index (χ2n) is 28.2. The quantitative estimate of drug-likeness (QED) is 0.0316. The molecule has 6 bridgehead atoms. The van der Waals surface area contributed by atoms with Crippen LogP contribution in [-0.2, 0) is 20.9 Å². The van der Waals surface area contributed by atoms with Crippen molar-refractivity contribution in [1.82, 2.24) is 79.8 Å². The summed E-state index contributed by atoms with van der Waals surface area (Å²) in [5.41, 5.74) is 3.20. The van der Waals surface area contributed by atoms with Gasteiger partial charge in [0.05, 0.1) is 61.4 Å². The van der Waals surface area contributed by atoms with E-state index < -0.39 is 88.7 Å². The van der Waals surface area contributed by atoms with Crippen molar-refractivity contribution in [2.75, 3.05) is 22.6 Å². The molecule has 26 nitrogen and oxygen atoms in total. The number of rotatable bonds is 16. The van der Waals surface area contributed by atoms with E-state index in [2.05, 4.69) is 103 Å². The predicted octanol–water partition coefficient (Wildman–Crippen LogP) is 12.1. The first-order chi connectivity index (χ1) is 50.7. The Morgan fingerprint density at radius 3 is 1.31 bits per heavy atom. The number of anilines is 3. The van der Waals surface area contributed by atoms with E-state index in [9.17, 15) is 48.0 Å². The fourth-order valence-corrected chi connectivity index (χ4v) is 16.8. The second-order valence-corrected chi connectivity index (χ2v) is 28.2. The van der Waals surface area contributed by atoms with Gasteiger partial charge in [0.25, 0.3) is 0 Å². The highest BCUT2D eigenvalue weighted by Gasteiger charge is 2.51. The number of aliphatic carboxylic acids is 3. The van der Waals surface area contributed by atoms with Crippen LogP contribution in [0.3, 0.4) is 0 Å². The Kier molecular flexibility index (Phi) is 19.0. The van der Waals surface area contributed by atoms with E-state index in [1.165, 1.54) is 35.3 Å². The van der Waals surface area contributed by atoms with Crippen molar-refractivity contribution in [2.45, 2.75) is 116 Å². The minimum Gasteiger partial charge on any atom is -0.481 e. The lowest BCUT2D eigenvalue weighted by Gasteiger charge is -2.47. The lowest BCUT2D eigenvalue weighted by molar-refractivity contribution is -0.149. The molecule has 9 fully saturated rings. The zero-order valence-electron chi connectivity index (χ0n) is 56.6. The number of aromatic nitrogens is 16. The molecule has 9 aliphatic rings. The summed E-state index contributed by atoms with van der Waals surface area (Å²) in [5.74, 6) is -1.93. The highest BCUT2D eigenvalue weighted by atomic mass is 19.1. The van der Waals surface area contributed by atoms with E-state index >= 15 is 13.2 Å². The molecule has 32 heteroatoms. The zero-order chi connectivity index (χ0) is 73.1. The van der Waals surface area contributed by atoms with E-state index in [0.717, 1.165) is 95.6 Å². The molecule has 542 valence electrons. The zero-order valence-corrected chi connectivity index (χ0v) is 56.6. The van der Waals surface area contributed by atoms with Crippen LogP contribution in [0.5, 0.6) is 0 Å². The number of carboxylic acid groups (broad SMARTS) is 3. The molecule has 0 amide bonds. The Bertz CT molecular complexity index is 5190. The average Bonchev–Trinajstić information content (AvgIpc) is 1.75. The van der Waals surface area contributed by atoms with Gasteiger partial charge in [0.1, 0.15) is 45.8 Å². The number of halogens is 6. The third-order valence-electron chi connectivity index (χ3n) is 21.7. The average molecular weight is 1440 g/mol. The first-order valence-electron chi connectivity index (χ1n) is 35.0. The normalized spacial score (nSPS) is 23.5. The van der Waals surface area contributed by atoms with Crippen molar-refractivity contribution in [2.24, 2.45) is 59.2 Å². The van der Waals surface area contributed by atoms with Gasteiger partial charge in [-0.3, -0.25) is 24.2 Å². The molecule has 0 aromatic carbocycles. The molecule has 20 rings (SSSR count). The van der Waals surface area contributed by atoms with E-state index in [1.807, 2.05) is 13.8 Å². The topological polar surface area (TPSA) is 378 Å². The molecular formula is C73H71F6N19O7. The molecule has 0 spiro atoms. The third kappa shape index (κ3) is 13.6. The maximum atomic E-state index is 16.0. The number of nitrogens with one attached hydrogen (secondary N) is 7. The van der Waals surface area contributed by atoms with Crippen LogP contribution in [0, 0.1) is 106 Å². The van der Waals surface area contributed by atoms with Crippen molar-refractivity contribution in [3.63, 3.8) is 0 Å². The molecule has 0 aliphatic heterocycles. The number of aliphatic hydroxyl groups is 1. The first kappa shape index (κ1) is 69.4. The molecule has 11 N–H and O–H groups in total. The largest absolute Gasteiger partial charge is 0.481 e. The van der Waals surface area contributed by atoms with Gasteiger partial charge in [-0.25, -0.2) is 66.8 Å². The van der Waals surface area contributed by atoms with Gasteiger partial charge < -0.3 is 51.3 Å². The molecule has 9 saturated carbocycles. The van der Waals surface area contributed by atoms with Crippen LogP contribution >= 0.6 is 0 Å². The first-order valence-corrected chi connectivity index (χ1v) is 35.0. The number of hydrogen-bond acceptors (Lipinski definition) is 18. The van der Waals surface area contributed by atoms with E-state index in [1.54, 1.807) is 30.9 Å². The minimum absolute atomic E-state index is 0.00826. The monoisotopic (exact) mass is 1440 g/mol. The summed E-state index contributed by atoms with van der Waals surface area (Å²) in [6.07, 6.45) is 23.1. The maximum absolute atomic E-state index is 16.0. The van der Waals surface area contributed by atoms with Crippen LogP contribution in [0.4, 0.5) is 43.8 Å². The fourth-order valence-electron chi connectivity index (χ4n) is 16.8. The number of carbonyl (C=O) groups is 3. The summed E-state index contributed by atoms with van der Waals surface area (Å²) in [6.45, 7) is 3.86. The minimum atomic E-state index is -0.898. The van der Waals surface area contributed by atoms with Crippen molar-refractivity contribution in [1.29, 1.82) is 0 Å². The van der Waals surface area contributed by atoms with Gasteiger partial charge in [0.2, 0.25) is 0 Å². The molecular weight excluding hydrogens is 1370 g/mol. The van der Waals surface area contributed by atoms with E-state index in [4.69, 9.17) is 0 Å². The molecule has 0 saturated heterocycles. The number of aromatic amines is 4. The fraction of sp³-hybridized carbons (Fsp3) is 0.397. The number of aliphatic hydroxyl groups excluding tert-OH is 1. The van der Waals surface area contributed by atoms with Crippen LogP contribution < -0.4 is 16.0 Å². The smallest absolute Gasteiger partial charge is 0.308 e. The summed E-state index contributed by atoms with van der Waals surface area (Å²) in [4.78, 5) is 83.9. The number of nitrogens with zero attached hydrogens (tertiary/aromatic N) is 12. The molecule has 11 aromatic rings. The molecule has 0 radical (unpaired) electrons. The van der Waals surface area contributed by atoms with E-state index in [0.29, 0.717) is 61.0 Å². The Hall–Kier alpha value is -11.4. The standard InChI is InChI=1S/C25H25F2N7O3.C25H25F2N5O2.C23H21F2N7O2/c26-15-7-16-17(10-29-22(16)28-9-15)23-32-21(14-8-30-34(11-14)5-6-35)19(27)24(33-23)31-20-13-3-1-12(2-4-13)18(20)25(36)37;1-12(2)3-8-18-20(27)24(31-21-14-6-4-13(5-7-14)19(21)25(33)34)32-23(30-18)17-11-29-22-16(17)9-15(26)10-28-22;24-12-7-13-14(9-27-20(13)26-8-12)21-30-19(15-5-6-28-32-15)17(25)22(31-21)29-18-11-3-1-10(2-4-11)16(18)23(33)34/h7-13,18,20,35H,1-6H2,(H,28,29)(H,36,37)(H,31,32,33);9-14,19,21H,4-7H2,1-2H3,(H,28,29)(H,33,34)(H,30,31,32);5-11,16,18H,1-4H2,(H,26,27)(H,28,32)(H,33,34)(H,29,30,31)/t12?,13?,18-,20-;13?,14?,19-,21-;10?,11?,16-,18-/m000/s1. The molecule has 0 unspecified atom stereocenters. The summed E-state index contributed by atoms with van der Waals surface area (Å²) >= 11 is 0. The number of carboxylic acids is 3. The summed E-state index contributed by atoms with van der Waals surface area (Å²) in [6, 6.07) is 4.15. The Morgan fingerprint density at radius 1 is 0.533 bits per heavy atom. The summed E-state index contributed by atoms with van der Waals surface area (Å²) < 4.78 is 90.5. The third-order valence-corrected chi connectivity index (χ3v) is 21.7. The van der Waals surface area contributed by atoms with Crippen LogP contribution in [0.15, 0.2) is 80.0 Å². The summed E-state index contributed by atoms with van der Waals surface area (Å²) in [7, 11) is 0. The van der Waals surface area contributed by atoms with Gasteiger partial charge in [-0.2, -0.15) is 14.6 Å². The number of hydrogen-bond donors (Lipinski definition) is 11. The van der Waals surface area contributed by atoms with Crippen molar-refractivity contribution < 1.29 is 61.2 Å². The number of fused-ring (bicyclic) bond motifs is 12. The van der Waals surface area contributed by atoms with E-state index in [-0.39, 0.29) is 107 Å². The highest BCUT2D eigenvalue weighted by Crippen LogP contribution is 2.50. The van der Waals surface area contributed by atoms with Gasteiger partial charge in [0.15, 0.2) is 58.1 Å². The SMILES string of the molecule is CC(C)C#Cc1nc(-c2c[nH]c3ncc(F)cc23)nc(N[C@H]2C3CCC(CC3)[C@@H]2C(=O)O)c1F.O=C(O)[C@H]1C2CCC(CC2)[C@@H]1Nc1nc(-c2c[nH]c3ncc(F)cc23)nc(-c2ccn[nH]2)c1F.O=C(O)[C@H]1C2CCC(CC2)[C@@H]1Nc1nc(-c2c[nH]c3ncc(F)cc23)nc(-c2cnn(CCO)c2)c1F. The van der Waals surface area contributed by atoms with Crippen LogP contribution in [0.2, 0.25) is 0 Å². The van der Waals surface area contributed by atoms with Crippen molar-refractivity contribution in [3.8, 4) is 68.6 Å². The maximum Gasteiger partial charge on any atom is 0.308 e. The van der Waals surface area contributed by atoms with Crippen LogP contribution in [0.1, 0.15) is 96.6 Å². The predicted molar refractivity (Wildman–Crippen MR) is 371 cm³/mol. The van der Waals surface area contributed by atoms with Gasteiger partial charge in [-0.1, -0.05) is 19.8 Å². The van der Waals surface area contributed by atoms with Crippen molar-refractivity contribution >= 4 is 68.5 Å². The Morgan fingerprint density at radius 2 is 0.924 bits per heavy atom. The highest BCUT2D eigenvalue weighted by molar-refractivity contribution is 5.94. The molecule has 11 aromatic heterocycles. The molecule has 11 heterocycles.